The molecule has 0 aromatic carbocycles. The van der Waals surface area contributed by atoms with Crippen LogP contribution >= 0.6 is 11.8 Å². The quantitative estimate of drug-likeness (QED) is 0.619. The fourth-order valence-electron chi connectivity index (χ4n) is 1.87. The third-order valence-corrected chi connectivity index (χ3v) is 3.76. The minimum atomic E-state index is 0.350. The monoisotopic (exact) mass is 305 g/mol. The molecule has 1 saturated heterocycles. The van der Waals surface area contributed by atoms with E-state index in [1.807, 2.05) is 12.1 Å². The number of ether oxygens (including phenoxy) is 1. The van der Waals surface area contributed by atoms with E-state index in [1.165, 1.54) is 11.8 Å². The zero-order valence-electron chi connectivity index (χ0n) is 11.3. The lowest BCUT2D eigenvalue weighted by Gasteiger charge is -2.26. The zero-order chi connectivity index (χ0) is 14.5. The van der Waals surface area contributed by atoms with E-state index in [2.05, 4.69) is 30.3 Å². The van der Waals surface area contributed by atoms with Crippen LogP contribution in [0.15, 0.2) is 34.6 Å². The number of morpholine rings is 1. The van der Waals surface area contributed by atoms with E-state index in [4.69, 9.17) is 10.6 Å². The van der Waals surface area contributed by atoms with Gasteiger partial charge in [-0.1, -0.05) is 0 Å². The molecule has 2 aromatic rings. The minimum absolute atomic E-state index is 0.350. The van der Waals surface area contributed by atoms with Crippen LogP contribution in [-0.4, -0.2) is 46.2 Å². The predicted octanol–water partition coefficient (Wildman–Crippen LogP) is 0.540. The lowest BCUT2D eigenvalue weighted by atomic mass is 10.4. The molecule has 9 heteroatoms. The third-order valence-electron chi connectivity index (χ3n) is 2.88. The van der Waals surface area contributed by atoms with Crippen molar-refractivity contribution in [3.05, 3.63) is 24.5 Å². The first-order valence-electron chi connectivity index (χ1n) is 6.48. The second-order valence-corrected chi connectivity index (χ2v) is 5.31. The van der Waals surface area contributed by atoms with Crippen molar-refractivity contribution in [2.24, 2.45) is 5.84 Å². The SMILES string of the molecule is NNc1nc(Sc2ccncc2)nc(N2CCOCC2)n1. The van der Waals surface area contributed by atoms with Crippen LogP contribution in [0.5, 0.6) is 0 Å². The number of hydrogen-bond donors (Lipinski definition) is 2. The highest BCUT2D eigenvalue weighted by molar-refractivity contribution is 7.99. The normalized spacial score (nSPS) is 15.0. The van der Waals surface area contributed by atoms with E-state index in [-0.39, 0.29) is 0 Å². The number of nitrogens with two attached hydrogens (primary N) is 1. The lowest BCUT2D eigenvalue weighted by molar-refractivity contribution is 0.122. The Bertz CT molecular complexity index is 591. The molecule has 0 spiro atoms. The van der Waals surface area contributed by atoms with Gasteiger partial charge in [0.05, 0.1) is 13.2 Å². The summed E-state index contributed by atoms with van der Waals surface area (Å²) in [6, 6.07) is 3.80. The molecule has 0 radical (unpaired) electrons. The van der Waals surface area contributed by atoms with Crippen LogP contribution in [-0.2, 0) is 4.74 Å². The molecule has 21 heavy (non-hydrogen) atoms. The molecule has 1 fully saturated rings. The van der Waals surface area contributed by atoms with Crippen molar-refractivity contribution in [3.8, 4) is 0 Å². The maximum atomic E-state index is 5.45. The van der Waals surface area contributed by atoms with Gasteiger partial charge in [0.1, 0.15) is 0 Å². The Morgan fingerprint density at radius 1 is 1.14 bits per heavy atom. The van der Waals surface area contributed by atoms with E-state index in [1.54, 1.807) is 12.4 Å². The standard InChI is InChI=1S/C12H15N7OS/c13-18-10-15-11(19-5-7-20-8-6-19)17-12(16-10)21-9-1-3-14-4-2-9/h1-4H,5-8,13H2,(H,15,16,17,18). The van der Waals surface area contributed by atoms with Gasteiger partial charge in [-0.3, -0.25) is 10.4 Å². The number of aromatic nitrogens is 4. The van der Waals surface area contributed by atoms with Crippen LogP contribution in [0, 0.1) is 0 Å². The summed E-state index contributed by atoms with van der Waals surface area (Å²) in [5, 5.41) is 0.589. The number of nitrogens with zero attached hydrogens (tertiary/aromatic N) is 5. The number of pyridine rings is 1. The number of hydrogen-bond acceptors (Lipinski definition) is 9. The van der Waals surface area contributed by atoms with Gasteiger partial charge in [-0.05, 0) is 23.9 Å². The molecule has 0 bridgehead atoms. The predicted molar refractivity (Wildman–Crippen MR) is 79.0 cm³/mol. The average molecular weight is 305 g/mol. The molecule has 2 aromatic heterocycles. The summed E-state index contributed by atoms with van der Waals surface area (Å²) < 4.78 is 5.34. The van der Waals surface area contributed by atoms with Crippen LogP contribution in [0.4, 0.5) is 11.9 Å². The molecule has 3 N–H and O–H groups in total. The first kappa shape index (κ1) is 14.0. The summed E-state index contributed by atoms with van der Waals surface area (Å²) in [7, 11) is 0. The molecule has 0 aliphatic carbocycles. The van der Waals surface area contributed by atoms with E-state index in [9.17, 15) is 0 Å². The molecule has 0 unspecified atom stereocenters. The van der Waals surface area contributed by atoms with E-state index in [0.717, 1.165) is 18.0 Å². The molecule has 1 aliphatic rings. The lowest BCUT2D eigenvalue weighted by Crippen LogP contribution is -2.37. The minimum Gasteiger partial charge on any atom is -0.378 e. The van der Waals surface area contributed by atoms with Crippen molar-refractivity contribution in [2.75, 3.05) is 36.6 Å². The first-order valence-corrected chi connectivity index (χ1v) is 7.30. The smallest absolute Gasteiger partial charge is 0.242 e. The second kappa shape index (κ2) is 6.66. The van der Waals surface area contributed by atoms with Crippen LogP contribution in [0.25, 0.3) is 0 Å². The van der Waals surface area contributed by atoms with Gasteiger partial charge in [0, 0.05) is 30.4 Å². The topological polar surface area (TPSA) is 102 Å². The number of nitrogens with one attached hydrogen (secondary N) is 1. The number of nitrogen functional groups attached to an aromatic ring is 1. The van der Waals surface area contributed by atoms with Crippen LogP contribution < -0.4 is 16.2 Å². The molecular formula is C12H15N7OS. The van der Waals surface area contributed by atoms with Gasteiger partial charge in [-0.15, -0.1) is 0 Å². The van der Waals surface area contributed by atoms with Crippen LogP contribution in [0.3, 0.4) is 0 Å². The van der Waals surface area contributed by atoms with Gasteiger partial charge < -0.3 is 9.64 Å². The maximum absolute atomic E-state index is 5.45. The number of rotatable bonds is 4. The number of anilines is 2. The summed E-state index contributed by atoms with van der Waals surface area (Å²) >= 11 is 1.44. The Labute approximate surface area is 126 Å². The Morgan fingerprint density at radius 3 is 2.62 bits per heavy atom. The number of hydrazine groups is 1. The Morgan fingerprint density at radius 2 is 1.90 bits per heavy atom. The molecule has 3 rings (SSSR count). The maximum Gasteiger partial charge on any atom is 0.242 e. The van der Waals surface area contributed by atoms with Crippen molar-refractivity contribution in [3.63, 3.8) is 0 Å². The molecule has 1 aliphatic heterocycles. The molecule has 8 nitrogen and oxygen atoms in total. The summed E-state index contributed by atoms with van der Waals surface area (Å²) in [6.45, 7) is 2.86. The molecule has 0 amide bonds. The van der Waals surface area contributed by atoms with Crippen molar-refractivity contribution < 1.29 is 4.74 Å². The van der Waals surface area contributed by atoms with E-state index >= 15 is 0 Å². The molecule has 110 valence electrons. The summed E-state index contributed by atoms with van der Waals surface area (Å²) in [4.78, 5) is 20.1. The highest BCUT2D eigenvalue weighted by atomic mass is 32.2. The highest BCUT2D eigenvalue weighted by Gasteiger charge is 2.16. The zero-order valence-corrected chi connectivity index (χ0v) is 12.1. The summed E-state index contributed by atoms with van der Waals surface area (Å²) in [6.07, 6.45) is 3.46. The van der Waals surface area contributed by atoms with Gasteiger partial charge >= 0.3 is 0 Å². The van der Waals surface area contributed by atoms with E-state index < -0.39 is 0 Å². The Kier molecular flexibility index (Phi) is 4.43. The van der Waals surface area contributed by atoms with Gasteiger partial charge in [0.2, 0.25) is 11.9 Å². The average Bonchev–Trinajstić information content (AvgIpc) is 2.56. The van der Waals surface area contributed by atoms with Crippen LogP contribution in [0.1, 0.15) is 0 Å². The fraction of sp³-hybridized carbons (Fsp3) is 0.333. The van der Waals surface area contributed by atoms with E-state index in [0.29, 0.717) is 30.3 Å². The molecule has 3 heterocycles. The van der Waals surface area contributed by atoms with Gasteiger partial charge in [0.25, 0.3) is 0 Å². The van der Waals surface area contributed by atoms with Gasteiger partial charge in [0.15, 0.2) is 5.16 Å². The highest BCUT2D eigenvalue weighted by Crippen LogP contribution is 2.26. The molecule has 0 atom stereocenters. The molecular weight excluding hydrogens is 290 g/mol. The van der Waals surface area contributed by atoms with Crippen molar-refractivity contribution in [1.29, 1.82) is 0 Å². The second-order valence-electron chi connectivity index (χ2n) is 4.27. The van der Waals surface area contributed by atoms with Crippen molar-refractivity contribution in [2.45, 2.75) is 10.1 Å². The Hall–Kier alpha value is -1.97. The first-order chi connectivity index (χ1) is 10.3. The Balaban J connectivity index is 1.85. The largest absolute Gasteiger partial charge is 0.378 e. The van der Waals surface area contributed by atoms with Crippen LogP contribution in [0.2, 0.25) is 0 Å². The van der Waals surface area contributed by atoms with Crippen molar-refractivity contribution >= 4 is 23.7 Å². The van der Waals surface area contributed by atoms with Gasteiger partial charge in [-0.25, -0.2) is 5.84 Å². The third kappa shape index (κ3) is 3.57. The van der Waals surface area contributed by atoms with Gasteiger partial charge in [-0.2, -0.15) is 15.0 Å². The summed E-state index contributed by atoms with van der Waals surface area (Å²) in [5.74, 6) is 6.40. The van der Waals surface area contributed by atoms with Crippen molar-refractivity contribution in [1.82, 2.24) is 19.9 Å². The molecule has 0 saturated carbocycles. The summed E-state index contributed by atoms with van der Waals surface area (Å²) in [5.41, 5.74) is 2.49. The fourth-order valence-corrected chi connectivity index (χ4v) is 2.60.